The molecule has 3 N–H and O–H groups in total. The fourth-order valence-electron chi connectivity index (χ4n) is 1.32. The van der Waals surface area contributed by atoms with Crippen molar-refractivity contribution in [2.75, 3.05) is 31.7 Å². The van der Waals surface area contributed by atoms with Crippen molar-refractivity contribution in [3.05, 3.63) is 22.9 Å². The second-order valence-electron chi connectivity index (χ2n) is 3.29. The fraction of sp³-hybridized carbons (Fsp3) is 0.444. The van der Waals surface area contributed by atoms with Crippen LogP contribution in [0.15, 0.2) is 17.2 Å². The molecule has 17 heavy (non-hydrogen) atoms. The first-order valence-corrected chi connectivity index (χ1v) is 5.16. The lowest BCUT2D eigenvalue weighted by Crippen LogP contribution is -2.13. The SMILES string of the molecule is O=c1[nH]nc2cc(NCCOCCO)ncn12. The van der Waals surface area contributed by atoms with Crippen LogP contribution >= 0.6 is 0 Å². The lowest BCUT2D eigenvalue weighted by molar-refractivity contribution is 0.0992. The van der Waals surface area contributed by atoms with Crippen LogP contribution in [0.3, 0.4) is 0 Å². The van der Waals surface area contributed by atoms with Crippen molar-refractivity contribution in [1.29, 1.82) is 0 Å². The molecule has 0 aliphatic carbocycles. The predicted molar refractivity (Wildman–Crippen MR) is 60.0 cm³/mol. The predicted octanol–water partition coefficient (Wildman–Crippen LogP) is -1.16. The maximum Gasteiger partial charge on any atom is 0.348 e. The highest BCUT2D eigenvalue weighted by Gasteiger charge is 2.01. The third-order valence-electron chi connectivity index (χ3n) is 2.10. The number of aliphatic hydroxyl groups excluding tert-OH is 1. The van der Waals surface area contributed by atoms with Gasteiger partial charge in [0.1, 0.15) is 12.1 Å². The van der Waals surface area contributed by atoms with Gasteiger partial charge in [0.15, 0.2) is 5.65 Å². The van der Waals surface area contributed by atoms with E-state index in [4.69, 9.17) is 9.84 Å². The van der Waals surface area contributed by atoms with E-state index in [1.807, 2.05) is 0 Å². The van der Waals surface area contributed by atoms with Gasteiger partial charge in [-0.05, 0) is 0 Å². The molecule has 0 saturated carbocycles. The summed E-state index contributed by atoms with van der Waals surface area (Å²) in [5, 5.41) is 17.7. The van der Waals surface area contributed by atoms with E-state index < -0.39 is 0 Å². The number of ether oxygens (including phenoxy) is 1. The number of H-pyrrole nitrogens is 1. The summed E-state index contributed by atoms with van der Waals surface area (Å²) in [6, 6.07) is 1.66. The first kappa shape index (κ1) is 11.6. The van der Waals surface area contributed by atoms with E-state index in [0.717, 1.165) is 0 Å². The Bertz CT molecular complexity index is 535. The molecule has 8 nitrogen and oxygen atoms in total. The van der Waals surface area contributed by atoms with Crippen molar-refractivity contribution in [2.24, 2.45) is 0 Å². The minimum absolute atomic E-state index is 0.0143. The van der Waals surface area contributed by atoms with Crippen molar-refractivity contribution < 1.29 is 9.84 Å². The zero-order chi connectivity index (χ0) is 12.1. The molecule has 0 unspecified atom stereocenters. The monoisotopic (exact) mass is 239 g/mol. The molecular weight excluding hydrogens is 226 g/mol. The number of hydrogen-bond donors (Lipinski definition) is 3. The molecule has 0 radical (unpaired) electrons. The Hall–Kier alpha value is -1.93. The molecule has 2 heterocycles. The molecule has 0 fully saturated rings. The van der Waals surface area contributed by atoms with E-state index >= 15 is 0 Å². The van der Waals surface area contributed by atoms with Gasteiger partial charge in [-0.25, -0.2) is 19.3 Å². The molecule has 2 aromatic heterocycles. The zero-order valence-electron chi connectivity index (χ0n) is 9.09. The van der Waals surface area contributed by atoms with Crippen LogP contribution in [0.5, 0.6) is 0 Å². The molecule has 0 spiro atoms. The Morgan fingerprint density at radius 1 is 1.53 bits per heavy atom. The van der Waals surface area contributed by atoms with Crippen LogP contribution < -0.4 is 11.0 Å². The second kappa shape index (κ2) is 5.41. The first-order chi connectivity index (χ1) is 8.31. The Morgan fingerprint density at radius 3 is 3.24 bits per heavy atom. The summed E-state index contributed by atoms with van der Waals surface area (Å²) >= 11 is 0. The number of aromatic amines is 1. The van der Waals surface area contributed by atoms with Crippen molar-refractivity contribution in [3.63, 3.8) is 0 Å². The average Bonchev–Trinajstić information content (AvgIpc) is 2.71. The van der Waals surface area contributed by atoms with Gasteiger partial charge in [0.05, 0.1) is 19.8 Å². The highest BCUT2D eigenvalue weighted by atomic mass is 16.5. The minimum atomic E-state index is -0.315. The molecule has 2 rings (SSSR count). The quantitative estimate of drug-likeness (QED) is 0.549. The van der Waals surface area contributed by atoms with E-state index in [2.05, 4.69) is 20.5 Å². The normalized spacial score (nSPS) is 10.9. The highest BCUT2D eigenvalue weighted by Crippen LogP contribution is 2.03. The molecule has 0 saturated heterocycles. The lowest BCUT2D eigenvalue weighted by Gasteiger charge is -2.05. The van der Waals surface area contributed by atoms with Crippen LogP contribution in [-0.2, 0) is 4.74 Å². The van der Waals surface area contributed by atoms with Crippen molar-refractivity contribution in [2.45, 2.75) is 0 Å². The topological polar surface area (TPSA) is 105 Å². The Balaban J connectivity index is 1.93. The zero-order valence-corrected chi connectivity index (χ0v) is 9.09. The number of aromatic nitrogens is 4. The summed E-state index contributed by atoms with van der Waals surface area (Å²) < 4.78 is 6.39. The van der Waals surface area contributed by atoms with Gasteiger partial charge in [0, 0.05) is 12.6 Å². The Labute approximate surface area is 96.3 Å². The number of aliphatic hydroxyl groups is 1. The number of fused-ring (bicyclic) bond motifs is 1. The second-order valence-corrected chi connectivity index (χ2v) is 3.29. The van der Waals surface area contributed by atoms with Crippen LogP contribution in [-0.4, -0.2) is 51.1 Å². The molecule has 0 amide bonds. The third-order valence-corrected chi connectivity index (χ3v) is 2.10. The van der Waals surface area contributed by atoms with Gasteiger partial charge in [-0.2, -0.15) is 5.10 Å². The van der Waals surface area contributed by atoms with Crippen LogP contribution in [0.25, 0.3) is 5.65 Å². The van der Waals surface area contributed by atoms with E-state index in [-0.39, 0.29) is 12.3 Å². The molecule has 2 aromatic rings. The summed E-state index contributed by atoms with van der Waals surface area (Å²) in [7, 11) is 0. The van der Waals surface area contributed by atoms with E-state index in [0.29, 0.717) is 31.2 Å². The fourth-order valence-corrected chi connectivity index (χ4v) is 1.32. The van der Waals surface area contributed by atoms with Crippen LogP contribution in [0.4, 0.5) is 5.82 Å². The molecule has 0 atom stereocenters. The Kier molecular flexibility index (Phi) is 3.68. The standard InChI is InChI=1S/C9H13N5O3/c15-2-4-17-3-1-10-7-5-8-12-13-9(16)14(8)6-11-7/h5-6,10,15H,1-4H2,(H,13,16). The van der Waals surface area contributed by atoms with Gasteiger partial charge >= 0.3 is 5.69 Å². The van der Waals surface area contributed by atoms with Gasteiger partial charge in [-0.3, -0.25) is 0 Å². The molecule has 0 aromatic carbocycles. The summed E-state index contributed by atoms with van der Waals surface area (Å²) in [5.74, 6) is 0.615. The van der Waals surface area contributed by atoms with Gasteiger partial charge in [-0.15, -0.1) is 0 Å². The Morgan fingerprint density at radius 2 is 2.41 bits per heavy atom. The molecule has 8 heteroatoms. The van der Waals surface area contributed by atoms with Gasteiger partial charge < -0.3 is 15.2 Å². The summed E-state index contributed by atoms with van der Waals surface area (Å²) in [4.78, 5) is 15.2. The lowest BCUT2D eigenvalue weighted by atomic mass is 10.5. The van der Waals surface area contributed by atoms with E-state index in [1.165, 1.54) is 10.7 Å². The number of rotatable bonds is 6. The van der Waals surface area contributed by atoms with Crippen LogP contribution in [0.2, 0.25) is 0 Å². The van der Waals surface area contributed by atoms with E-state index in [1.54, 1.807) is 6.07 Å². The molecular formula is C9H13N5O3. The summed E-state index contributed by atoms with van der Waals surface area (Å²) in [6.45, 7) is 1.38. The third kappa shape index (κ3) is 2.80. The van der Waals surface area contributed by atoms with Gasteiger partial charge in [0.25, 0.3) is 0 Å². The number of hydrogen-bond acceptors (Lipinski definition) is 6. The maximum atomic E-state index is 11.2. The molecule has 0 bridgehead atoms. The maximum absolute atomic E-state index is 11.2. The smallest absolute Gasteiger partial charge is 0.348 e. The summed E-state index contributed by atoms with van der Waals surface area (Å²) in [6.07, 6.45) is 1.40. The van der Waals surface area contributed by atoms with Crippen molar-refractivity contribution in [3.8, 4) is 0 Å². The highest BCUT2D eigenvalue weighted by molar-refractivity contribution is 5.48. The van der Waals surface area contributed by atoms with Gasteiger partial charge in [-0.1, -0.05) is 0 Å². The van der Waals surface area contributed by atoms with Crippen molar-refractivity contribution in [1.82, 2.24) is 19.6 Å². The van der Waals surface area contributed by atoms with Crippen LogP contribution in [0.1, 0.15) is 0 Å². The number of nitrogens with one attached hydrogen (secondary N) is 2. The number of nitrogens with zero attached hydrogens (tertiary/aromatic N) is 3. The largest absolute Gasteiger partial charge is 0.394 e. The van der Waals surface area contributed by atoms with Crippen LogP contribution in [0, 0.1) is 0 Å². The number of anilines is 1. The molecule has 0 aliphatic rings. The molecule has 0 aliphatic heterocycles. The average molecular weight is 239 g/mol. The van der Waals surface area contributed by atoms with Gasteiger partial charge in [0.2, 0.25) is 0 Å². The summed E-state index contributed by atoms with van der Waals surface area (Å²) in [5.41, 5.74) is 0.189. The first-order valence-electron chi connectivity index (χ1n) is 5.16. The molecule has 92 valence electrons. The van der Waals surface area contributed by atoms with E-state index in [9.17, 15) is 4.79 Å². The minimum Gasteiger partial charge on any atom is -0.394 e. The van der Waals surface area contributed by atoms with Crippen molar-refractivity contribution >= 4 is 11.5 Å².